The maximum Gasteiger partial charge on any atom is 0.317 e. The Hall–Kier alpha value is -7.62. The van der Waals surface area contributed by atoms with E-state index in [0.717, 1.165) is 69.1 Å². The van der Waals surface area contributed by atoms with Crippen LogP contribution in [0.1, 0.15) is 91.2 Å². The fraction of sp³-hybridized carbons (Fsp3) is 0.333. The van der Waals surface area contributed by atoms with Gasteiger partial charge in [-0.05, 0) is 61.6 Å². The van der Waals surface area contributed by atoms with Gasteiger partial charge in [0.2, 0.25) is 11.8 Å². The summed E-state index contributed by atoms with van der Waals surface area (Å²) in [6, 6.07) is 23.7. The molecule has 67 heavy (non-hydrogen) atoms. The summed E-state index contributed by atoms with van der Waals surface area (Å²) in [5.41, 5.74) is 8.70. The first-order valence-electron chi connectivity index (χ1n) is 22.8. The number of ether oxygens (including phenoxy) is 2. The number of rotatable bonds is 13. The number of carbonyl (C=O) groups excluding carboxylic acids is 4. The summed E-state index contributed by atoms with van der Waals surface area (Å²) in [7, 11) is 6.60. The monoisotopic (exact) mass is 904 g/mol. The second kappa shape index (κ2) is 18.7. The topological polar surface area (TPSA) is 181 Å². The van der Waals surface area contributed by atoms with Crippen molar-refractivity contribution in [2.24, 2.45) is 0 Å². The summed E-state index contributed by atoms with van der Waals surface area (Å²) in [5, 5.41) is 5.84. The van der Waals surface area contributed by atoms with Crippen molar-refractivity contribution in [3.05, 3.63) is 131 Å². The van der Waals surface area contributed by atoms with Crippen molar-refractivity contribution in [2.45, 2.75) is 70.5 Å². The molecular formula is C51H56N10O6. The van der Waals surface area contributed by atoms with Crippen molar-refractivity contribution in [1.29, 1.82) is 0 Å². The van der Waals surface area contributed by atoms with Gasteiger partial charge in [0.1, 0.15) is 48.4 Å². The zero-order chi connectivity index (χ0) is 46.9. The van der Waals surface area contributed by atoms with Gasteiger partial charge >= 0.3 is 12.1 Å². The van der Waals surface area contributed by atoms with Gasteiger partial charge in [-0.2, -0.15) is 0 Å². The van der Waals surface area contributed by atoms with Crippen LogP contribution in [-0.2, 0) is 22.8 Å². The molecule has 9 rings (SSSR count). The molecule has 0 saturated carbocycles. The van der Waals surface area contributed by atoms with Gasteiger partial charge in [0.25, 0.3) is 0 Å². The number of aromatic nitrogens is 4. The Morgan fingerprint density at radius 2 is 1.28 bits per heavy atom. The van der Waals surface area contributed by atoms with E-state index in [4.69, 9.17) is 19.4 Å². The van der Waals surface area contributed by atoms with Gasteiger partial charge in [-0.25, -0.2) is 19.6 Å². The Kier molecular flexibility index (Phi) is 12.4. The number of H-pyrrole nitrogens is 2. The molecule has 346 valence electrons. The van der Waals surface area contributed by atoms with Crippen LogP contribution in [0.5, 0.6) is 11.5 Å². The van der Waals surface area contributed by atoms with Crippen LogP contribution >= 0.6 is 0 Å². The molecule has 1 fully saturated rings. The number of carbonyl (C=O) groups is 4. The minimum absolute atomic E-state index is 0.183. The second-order valence-electron chi connectivity index (χ2n) is 17.7. The second-order valence-corrected chi connectivity index (χ2v) is 17.7. The number of hydrogen-bond donors (Lipinski definition) is 4. The van der Waals surface area contributed by atoms with Crippen molar-refractivity contribution in [3.63, 3.8) is 0 Å². The minimum atomic E-state index is -0.879. The number of imidazole rings is 2. The van der Waals surface area contributed by atoms with Crippen LogP contribution in [-0.4, -0.2) is 105 Å². The molecule has 2 aromatic heterocycles. The zero-order valence-electron chi connectivity index (χ0n) is 38.6. The highest BCUT2D eigenvalue weighted by molar-refractivity contribution is 5.90. The number of benzene rings is 4. The van der Waals surface area contributed by atoms with Gasteiger partial charge in [-0.3, -0.25) is 9.59 Å². The highest BCUT2D eigenvalue weighted by atomic mass is 16.5. The largest absolute Gasteiger partial charge is 0.488 e. The van der Waals surface area contributed by atoms with Gasteiger partial charge in [0.15, 0.2) is 0 Å². The van der Waals surface area contributed by atoms with Crippen molar-refractivity contribution in [3.8, 4) is 45.1 Å². The average Bonchev–Trinajstić information content (AvgIpc) is 4.15. The number of nitrogens with zero attached hydrogens (tertiary/aromatic N) is 6. The van der Waals surface area contributed by atoms with Crippen molar-refractivity contribution in [2.75, 3.05) is 41.3 Å². The average molecular weight is 905 g/mol. The molecule has 1 saturated heterocycles. The highest BCUT2D eigenvalue weighted by Gasteiger charge is 2.38. The van der Waals surface area contributed by atoms with E-state index in [2.05, 4.69) is 32.7 Å². The molecule has 4 atom stereocenters. The normalized spacial score (nSPS) is 15.9. The Morgan fingerprint density at radius 1 is 0.746 bits per heavy atom. The molecule has 0 spiro atoms. The number of urea groups is 2. The number of likely N-dealkylation sites (tertiary alicyclic amines) is 1. The molecule has 3 aliphatic heterocycles. The number of aromatic amines is 2. The van der Waals surface area contributed by atoms with Gasteiger partial charge in [-0.15, -0.1) is 0 Å². The Balaban J connectivity index is 0.942. The van der Waals surface area contributed by atoms with Crippen molar-refractivity contribution < 1.29 is 28.7 Å². The lowest BCUT2D eigenvalue weighted by Crippen LogP contribution is -2.46. The van der Waals surface area contributed by atoms with Crippen LogP contribution in [0.3, 0.4) is 0 Å². The zero-order valence-corrected chi connectivity index (χ0v) is 38.6. The van der Waals surface area contributed by atoms with E-state index >= 15 is 0 Å². The number of nitrogens with one attached hydrogen (secondary N) is 4. The molecule has 0 unspecified atom stereocenters. The summed E-state index contributed by atoms with van der Waals surface area (Å²) in [5.74, 6) is 2.39. The van der Waals surface area contributed by atoms with Crippen LogP contribution < -0.4 is 20.1 Å². The van der Waals surface area contributed by atoms with E-state index in [1.807, 2.05) is 91.5 Å². The van der Waals surface area contributed by atoms with Crippen LogP contribution in [0.2, 0.25) is 0 Å². The summed E-state index contributed by atoms with van der Waals surface area (Å²) in [4.78, 5) is 77.2. The molecule has 4 aromatic carbocycles. The molecule has 3 aliphatic rings. The van der Waals surface area contributed by atoms with Gasteiger partial charge in [0, 0.05) is 74.7 Å². The standard InChI is InChI=1S/C51H56N10O6/c1-7-20-60(48(62)44(56-50(64)58(3)4)31-15-10-8-11-16-31)30(2)46-52-26-37(54-46)33-22-35-28-67-41-25-34(23-36-29-66-40(24-33)42(35)43(36)41)38-27-53-47(55-38)39-19-14-21-61(39)49(63)45(57-51(65)59(5)6)32-17-12-9-13-18-32/h8-13,15-18,22-27,30,39,44-45H,7,14,19-21,28-29H2,1-6H3,(H,52,54)(H,53,55)(H,56,64)(H,57,65)/t30-,39-,44+,45+/m0/s1. The third-order valence-corrected chi connectivity index (χ3v) is 12.8. The molecule has 4 N–H and O–H groups in total. The maximum absolute atomic E-state index is 14.3. The summed E-state index contributed by atoms with van der Waals surface area (Å²) in [6.45, 7) is 5.62. The predicted octanol–water partition coefficient (Wildman–Crippen LogP) is 7.91. The van der Waals surface area contributed by atoms with Crippen LogP contribution in [0.25, 0.3) is 33.6 Å². The number of amides is 6. The molecule has 0 bridgehead atoms. The first-order valence-corrected chi connectivity index (χ1v) is 22.8. The first-order chi connectivity index (χ1) is 32.4. The van der Waals surface area contributed by atoms with Gasteiger partial charge in [0.05, 0.1) is 35.9 Å². The SMILES string of the molecule is CCCN(C(=O)[C@H](NC(=O)N(C)C)c1ccccc1)[C@@H](C)c1ncc(-c2cc3c4c(c2)OCc2cc(-c5cnc([C@@H]6CCCN6C(=O)[C@H](NC(=O)N(C)C)c6ccccc6)[nH]5)cc(c2-4)OC3)[nH]1. The summed E-state index contributed by atoms with van der Waals surface area (Å²) >= 11 is 0. The number of hydrogen-bond acceptors (Lipinski definition) is 8. The highest BCUT2D eigenvalue weighted by Crippen LogP contribution is 2.51. The third kappa shape index (κ3) is 8.78. The lowest BCUT2D eigenvalue weighted by atomic mass is 9.87. The van der Waals surface area contributed by atoms with E-state index in [1.54, 1.807) is 45.5 Å². The molecular weight excluding hydrogens is 849 g/mol. The molecule has 6 amide bonds. The van der Waals surface area contributed by atoms with E-state index in [0.29, 0.717) is 55.5 Å². The van der Waals surface area contributed by atoms with E-state index in [-0.39, 0.29) is 29.9 Å². The van der Waals surface area contributed by atoms with E-state index in [9.17, 15) is 19.2 Å². The Bertz CT molecular complexity index is 2750. The van der Waals surface area contributed by atoms with Gasteiger partial charge in [-0.1, -0.05) is 67.6 Å². The quantitative estimate of drug-likeness (QED) is 0.0903. The predicted molar refractivity (Wildman–Crippen MR) is 253 cm³/mol. The van der Waals surface area contributed by atoms with E-state index in [1.165, 1.54) is 9.80 Å². The van der Waals surface area contributed by atoms with Gasteiger partial charge < -0.3 is 49.7 Å². The molecule has 0 radical (unpaired) electrons. The fourth-order valence-electron chi connectivity index (χ4n) is 9.24. The van der Waals surface area contributed by atoms with Crippen molar-refractivity contribution >= 4 is 23.9 Å². The summed E-state index contributed by atoms with van der Waals surface area (Å²) < 4.78 is 13.0. The lowest BCUT2D eigenvalue weighted by Gasteiger charge is -2.32. The summed E-state index contributed by atoms with van der Waals surface area (Å²) in [6.07, 6.45) is 5.83. The third-order valence-electron chi connectivity index (χ3n) is 12.8. The minimum Gasteiger partial charge on any atom is -0.488 e. The molecule has 6 aromatic rings. The Morgan fingerprint density at radius 3 is 1.85 bits per heavy atom. The maximum atomic E-state index is 14.3. The van der Waals surface area contributed by atoms with Crippen LogP contribution in [0.15, 0.2) is 97.3 Å². The van der Waals surface area contributed by atoms with Crippen molar-refractivity contribution in [1.82, 2.24) is 50.2 Å². The van der Waals surface area contributed by atoms with Crippen LogP contribution in [0.4, 0.5) is 9.59 Å². The lowest BCUT2D eigenvalue weighted by molar-refractivity contribution is -0.136. The first kappa shape index (κ1) is 44.6. The molecule has 5 heterocycles. The molecule has 16 nitrogen and oxygen atoms in total. The molecule has 0 aliphatic carbocycles. The molecule has 16 heteroatoms. The fourth-order valence-corrected chi connectivity index (χ4v) is 9.24. The Labute approximate surface area is 389 Å². The van der Waals surface area contributed by atoms with Crippen LogP contribution in [0, 0.1) is 0 Å². The van der Waals surface area contributed by atoms with E-state index < -0.39 is 18.1 Å². The smallest absolute Gasteiger partial charge is 0.317 e.